The fourth-order valence-corrected chi connectivity index (χ4v) is 5.27. The van der Waals surface area contributed by atoms with Crippen molar-refractivity contribution in [1.82, 2.24) is 19.6 Å². The van der Waals surface area contributed by atoms with Gasteiger partial charge in [-0.2, -0.15) is 0 Å². The van der Waals surface area contributed by atoms with Crippen LogP contribution in [0.1, 0.15) is 70.6 Å². The summed E-state index contributed by atoms with van der Waals surface area (Å²) >= 11 is 5.19. The lowest BCUT2D eigenvalue weighted by Crippen LogP contribution is -2.28. The molecule has 0 fully saturated rings. The van der Waals surface area contributed by atoms with Crippen LogP contribution in [0.4, 0.5) is 0 Å². The summed E-state index contributed by atoms with van der Waals surface area (Å²) in [6, 6.07) is 0. The lowest BCUT2D eigenvalue weighted by Gasteiger charge is -2.24. The number of alkyl halides is 2. The normalized spacial score (nSPS) is 18.8. The van der Waals surface area contributed by atoms with E-state index in [1.54, 1.807) is 0 Å². The lowest BCUT2D eigenvalue weighted by atomic mass is 10.1. The van der Waals surface area contributed by atoms with Crippen molar-refractivity contribution in [2.45, 2.75) is 78.7 Å². The molecule has 0 N–H and O–H groups in total. The van der Waals surface area contributed by atoms with Gasteiger partial charge < -0.3 is 19.6 Å². The molecule has 2 atom stereocenters. The van der Waals surface area contributed by atoms with Crippen LogP contribution in [-0.4, -0.2) is 55.1 Å². The standard InChI is InChI=1S/C21H38I2N4/c1-24-14-16-26(18-24)20(22)12-10-8-6-4-3-5-7-9-11-13-21(23)27-17-15-25(2)19-27/h14-17,20-21H,3-13,18-19H2,1-2H3. The summed E-state index contributed by atoms with van der Waals surface area (Å²) in [5, 5.41) is 0. The maximum atomic E-state index is 2.60. The molecular weight excluding hydrogens is 562 g/mol. The van der Waals surface area contributed by atoms with E-state index in [1.807, 2.05) is 0 Å². The first-order chi connectivity index (χ1) is 13.1. The van der Waals surface area contributed by atoms with E-state index in [0.717, 1.165) is 13.3 Å². The van der Waals surface area contributed by atoms with Crippen LogP contribution in [-0.2, 0) is 0 Å². The van der Waals surface area contributed by atoms with E-state index in [9.17, 15) is 0 Å². The molecule has 0 aromatic heterocycles. The third-order valence-electron chi connectivity index (χ3n) is 5.40. The molecule has 0 aromatic rings. The summed E-state index contributed by atoms with van der Waals surface area (Å²) < 4.78 is 1.31. The third-order valence-corrected chi connectivity index (χ3v) is 8.08. The van der Waals surface area contributed by atoms with Crippen LogP contribution < -0.4 is 0 Å². The van der Waals surface area contributed by atoms with Crippen molar-refractivity contribution in [3.63, 3.8) is 0 Å². The Labute approximate surface area is 194 Å². The lowest BCUT2D eigenvalue weighted by molar-refractivity contribution is 0.280. The van der Waals surface area contributed by atoms with Crippen molar-refractivity contribution >= 4 is 45.2 Å². The summed E-state index contributed by atoms with van der Waals surface area (Å²) in [5.74, 6) is 0. The Kier molecular flexibility index (Phi) is 11.6. The summed E-state index contributed by atoms with van der Waals surface area (Å²) in [5.41, 5.74) is 0. The van der Waals surface area contributed by atoms with Gasteiger partial charge in [0, 0.05) is 38.9 Å². The van der Waals surface area contributed by atoms with Gasteiger partial charge in [0.1, 0.15) is 0 Å². The highest BCUT2D eigenvalue weighted by Crippen LogP contribution is 2.22. The molecule has 0 spiro atoms. The van der Waals surface area contributed by atoms with E-state index in [4.69, 9.17) is 0 Å². The molecule has 0 aromatic carbocycles. The monoisotopic (exact) mass is 600 g/mol. The zero-order valence-electron chi connectivity index (χ0n) is 17.2. The van der Waals surface area contributed by atoms with Crippen LogP contribution in [0, 0.1) is 0 Å². The largest absolute Gasteiger partial charge is 0.362 e. The zero-order chi connectivity index (χ0) is 19.5. The second kappa shape index (κ2) is 13.4. The van der Waals surface area contributed by atoms with Gasteiger partial charge in [-0.1, -0.05) is 103 Å². The number of rotatable bonds is 14. The van der Waals surface area contributed by atoms with Gasteiger partial charge in [-0.05, 0) is 12.8 Å². The highest BCUT2D eigenvalue weighted by atomic mass is 127. The molecule has 6 heteroatoms. The molecule has 2 aliphatic rings. The Morgan fingerprint density at radius 2 is 0.926 bits per heavy atom. The molecule has 0 bridgehead atoms. The summed E-state index contributed by atoms with van der Waals surface area (Å²) in [6.07, 6.45) is 24.1. The first-order valence-electron chi connectivity index (χ1n) is 10.6. The highest BCUT2D eigenvalue weighted by Gasteiger charge is 2.16. The van der Waals surface area contributed by atoms with E-state index in [0.29, 0.717) is 8.10 Å². The Morgan fingerprint density at radius 1 is 0.593 bits per heavy atom. The Hall–Kier alpha value is 0.140. The first-order valence-corrected chi connectivity index (χ1v) is 13.1. The van der Waals surface area contributed by atoms with E-state index < -0.39 is 0 Å². The van der Waals surface area contributed by atoms with Crippen LogP contribution in [0.25, 0.3) is 0 Å². The SMILES string of the molecule is CN1C=CN(C(I)CCCCCCCCCCCC(I)N2C=CN(C)C2)C1. The predicted octanol–water partition coefficient (Wildman–Crippen LogP) is 6.15. The minimum Gasteiger partial charge on any atom is -0.362 e. The van der Waals surface area contributed by atoms with E-state index >= 15 is 0 Å². The van der Waals surface area contributed by atoms with Crippen molar-refractivity contribution in [2.75, 3.05) is 27.4 Å². The Bertz CT molecular complexity index is 417. The highest BCUT2D eigenvalue weighted by molar-refractivity contribution is 14.1. The second-order valence-electron chi connectivity index (χ2n) is 8.05. The van der Waals surface area contributed by atoms with E-state index in [2.05, 4.69) is 104 Å². The fraction of sp³-hybridized carbons (Fsp3) is 0.810. The minimum atomic E-state index is 0.655. The van der Waals surface area contributed by atoms with Crippen molar-refractivity contribution < 1.29 is 0 Å². The van der Waals surface area contributed by atoms with Crippen LogP contribution in [0.15, 0.2) is 24.8 Å². The molecule has 2 unspecified atom stereocenters. The molecule has 2 rings (SSSR count). The van der Waals surface area contributed by atoms with Crippen LogP contribution >= 0.6 is 45.2 Å². The maximum Gasteiger partial charge on any atom is 0.0900 e. The van der Waals surface area contributed by atoms with Gasteiger partial charge >= 0.3 is 0 Å². The maximum absolute atomic E-state index is 2.60. The number of hydrogen-bond donors (Lipinski definition) is 0. The molecule has 0 aliphatic carbocycles. The number of halogens is 2. The van der Waals surface area contributed by atoms with Crippen molar-refractivity contribution in [2.24, 2.45) is 0 Å². The van der Waals surface area contributed by atoms with Gasteiger partial charge in [0.05, 0.1) is 21.4 Å². The van der Waals surface area contributed by atoms with Gasteiger partial charge in [0.25, 0.3) is 0 Å². The summed E-state index contributed by atoms with van der Waals surface area (Å²) in [6.45, 7) is 2.11. The van der Waals surface area contributed by atoms with Gasteiger partial charge in [0.15, 0.2) is 0 Å². The molecule has 0 radical (unpaired) electrons. The number of nitrogens with zero attached hydrogens (tertiary/aromatic N) is 4. The van der Waals surface area contributed by atoms with Gasteiger partial charge in [-0.3, -0.25) is 0 Å². The fourth-order valence-electron chi connectivity index (χ4n) is 3.66. The van der Waals surface area contributed by atoms with Crippen LogP contribution in [0.3, 0.4) is 0 Å². The average Bonchev–Trinajstić information content (AvgIpc) is 3.27. The molecule has 2 aliphatic heterocycles. The number of hydrogen-bond acceptors (Lipinski definition) is 4. The molecular formula is C21H38I2N4. The van der Waals surface area contributed by atoms with Gasteiger partial charge in [0.2, 0.25) is 0 Å². The van der Waals surface area contributed by atoms with Crippen molar-refractivity contribution in [3.8, 4) is 0 Å². The molecule has 0 amide bonds. The molecule has 2 heterocycles. The first kappa shape index (κ1) is 23.4. The smallest absolute Gasteiger partial charge is 0.0900 e. The second-order valence-corrected chi connectivity index (χ2v) is 10.9. The molecule has 0 saturated carbocycles. The van der Waals surface area contributed by atoms with Crippen molar-refractivity contribution in [3.05, 3.63) is 24.8 Å². The van der Waals surface area contributed by atoms with Gasteiger partial charge in [-0.25, -0.2) is 0 Å². The van der Waals surface area contributed by atoms with E-state index in [-0.39, 0.29) is 0 Å². The average molecular weight is 600 g/mol. The molecule has 4 nitrogen and oxygen atoms in total. The van der Waals surface area contributed by atoms with E-state index in [1.165, 1.54) is 70.6 Å². The number of unbranched alkanes of at least 4 members (excludes halogenated alkanes) is 8. The Morgan fingerprint density at radius 3 is 1.22 bits per heavy atom. The summed E-state index contributed by atoms with van der Waals surface area (Å²) in [7, 11) is 4.29. The third kappa shape index (κ3) is 9.45. The van der Waals surface area contributed by atoms with Crippen LogP contribution in [0.5, 0.6) is 0 Å². The molecule has 156 valence electrons. The minimum absolute atomic E-state index is 0.655. The topological polar surface area (TPSA) is 13.0 Å². The quantitative estimate of drug-likeness (QED) is 0.103. The molecule has 27 heavy (non-hydrogen) atoms. The van der Waals surface area contributed by atoms with Gasteiger partial charge in [-0.15, -0.1) is 0 Å². The summed E-state index contributed by atoms with van der Waals surface area (Å²) in [4.78, 5) is 9.38. The van der Waals surface area contributed by atoms with Crippen molar-refractivity contribution in [1.29, 1.82) is 0 Å². The van der Waals surface area contributed by atoms with Crippen LogP contribution in [0.2, 0.25) is 0 Å². The molecule has 0 saturated heterocycles. The Balaban J connectivity index is 1.33. The zero-order valence-corrected chi connectivity index (χ0v) is 21.5. The predicted molar refractivity (Wildman–Crippen MR) is 134 cm³/mol.